The van der Waals surface area contributed by atoms with Crippen molar-refractivity contribution in [2.75, 3.05) is 0 Å². The number of nitrogens with zero attached hydrogens (tertiary/aromatic N) is 1. The molecule has 2 aromatic rings. The minimum atomic E-state index is -0.548. The first kappa shape index (κ1) is 19.4. The lowest BCUT2D eigenvalue weighted by molar-refractivity contribution is 0.0468. The van der Waals surface area contributed by atoms with Crippen LogP contribution in [0.2, 0.25) is 0 Å². The summed E-state index contributed by atoms with van der Waals surface area (Å²) in [6.07, 6.45) is 2.59. The Morgan fingerprint density at radius 1 is 1.26 bits per heavy atom. The van der Waals surface area contributed by atoms with Crippen LogP contribution in [0.1, 0.15) is 56.8 Å². The van der Waals surface area contributed by atoms with E-state index in [1.54, 1.807) is 6.07 Å². The summed E-state index contributed by atoms with van der Waals surface area (Å²) in [5.41, 5.74) is 6.08. The van der Waals surface area contributed by atoms with Gasteiger partial charge in [0.15, 0.2) is 0 Å². The van der Waals surface area contributed by atoms with E-state index in [2.05, 4.69) is 10.3 Å². The molecule has 2 amide bonds. The van der Waals surface area contributed by atoms with Gasteiger partial charge in [0.25, 0.3) is 5.91 Å². The molecule has 0 aliphatic heterocycles. The van der Waals surface area contributed by atoms with Crippen molar-refractivity contribution in [3.63, 3.8) is 0 Å². The Balaban J connectivity index is 1.59. The minimum Gasteiger partial charge on any atom is -0.474 e. The molecule has 0 saturated heterocycles. The number of hydrogen-bond donors (Lipinski definition) is 2. The summed E-state index contributed by atoms with van der Waals surface area (Å²) in [5.74, 6) is -0.259. The molecule has 0 atom stereocenters. The van der Waals surface area contributed by atoms with E-state index in [1.165, 1.54) is 11.3 Å². The standard InChI is InChI=1S/C19H25N3O4S/c1-19(2,3)26-18(24)21-11-4-6-12(7-5-11)25-17-13(16(20)23)10-15-14(22-17)8-9-27-15/h8-12H,4-7H2,1-3H3,(H2,20,23)(H,21,24). The normalized spacial score (nSPS) is 20.3. The number of hydrogen-bond acceptors (Lipinski definition) is 6. The summed E-state index contributed by atoms with van der Waals surface area (Å²) in [7, 11) is 0. The first-order valence-electron chi connectivity index (χ1n) is 9.05. The maximum absolute atomic E-state index is 11.9. The predicted molar refractivity (Wildman–Crippen MR) is 104 cm³/mol. The van der Waals surface area contributed by atoms with Crippen LogP contribution in [0.5, 0.6) is 5.88 Å². The number of pyridine rings is 1. The zero-order valence-corrected chi connectivity index (χ0v) is 16.6. The molecule has 1 saturated carbocycles. The second-order valence-corrected chi connectivity index (χ2v) is 8.69. The van der Waals surface area contributed by atoms with Crippen molar-refractivity contribution < 1.29 is 19.1 Å². The highest BCUT2D eigenvalue weighted by Crippen LogP contribution is 2.29. The molecule has 7 nitrogen and oxygen atoms in total. The van der Waals surface area contributed by atoms with E-state index >= 15 is 0 Å². The third kappa shape index (κ3) is 5.09. The van der Waals surface area contributed by atoms with Crippen LogP contribution in [0.4, 0.5) is 4.79 Å². The van der Waals surface area contributed by atoms with E-state index in [-0.39, 0.29) is 18.0 Å². The van der Waals surface area contributed by atoms with Crippen molar-refractivity contribution in [2.24, 2.45) is 5.73 Å². The number of carbonyl (C=O) groups is 2. The average Bonchev–Trinajstić information content (AvgIpc) is 3.01. The maximum Gasteiger partial charge on any atom is 0.407 e. The van der Waals surface area contributed by atoms with Crippen LogP contribution >= 0.6 is 11.3 Å². The van der Waals surface area contributed by atoms with Gasteiger partial charge in [-0.2, -0.15) is 0 Å². The van der Waals surface area contributed by atoms with Crippen LogP contribution in [0.3, 0.4) is 0 Å². The Bertz CT molecular complexity index is 835. The van der Waals surface area contributed by atoms with Gasteiger partial charge in [0.1, 0.15) is 17.3 Å². The van der Waals surface area contributed by atoms with E-state index in [0.29, 0.717) is 5.56 Å². The number of carbonyl (C=O) groups excluding carboxylic acids is 2. The highest BCUT2D eigenvalue weighted by molar-refractivity contribution is 7.17. The van der Waals surface area contributed by atoms with E-state index in [0.717, 1.165) is 35.9 Å². The zero-order chi connectivity index (χ0) is 19.6. The van der Waals surface area contributed by atoms with Gasteiger partial charge < -0.3 is 20.5 Å². The molecule has 3 N–H and O–H groups in total. The zero-order valence-electron chi connectivity index (χ0n) is 15.8. The number of ether oxygens (including phenoxy) is 2. The van der Waals surface area contributed by atoms with Crippen LogP contribution in [-0.2, 0) is 4.74 Å². The Labute approximate surface area is 162 Å². The van der Waals surface area contributed by atoms with Crippen LogP contribution in [0.15, 0.2) is 17.5 Å². The third-order valence-corrected chi connectivity index (χ3v) is 5.19. The van der Waals surface area contributed by atoms with Gasteiger partial charge in [-0.3, -0.25) is 4.79 Å². The summed E-state index contributed by atoms with van der Waals surface area (Å²) in [5, 5.41) is 4.82. The number of thiophene rings is 1. The predicted octanol–water partition coefficient (Wildman–Crippen LogP) is 3.61. The highest BCUT2D eigenvalue weighted by Gasteiger charge is 2.27. The molecule has 2 heterocycles. The average molecular weight is 391 g/mol. The van der Waals surface area contributed by atoms with Gasteiger partial charge in [-0.15, -0.1) is 11.3 Å². The van der Waals surface area contributed by atoms with E-state index in [9.17, 15) is 9.59 Å². The molecule has 1 aliphatic carbocycles. The van der Waals surface area contributed by atoms with Crippen LogP contribution in [-0.4, -0.2) is 34.7 Å². The molecular weight excluding hydrogens is 366 g/mol. The van der Waals surface area contributed by atoms with Gasteiger partial charge in [-0.1, -0.05) is 0 Å². The second-order valence-electron chi connectivity index (χ2n) is 7.75. The lowest BCUT2D eigenvalue weighted by atomic mass is 9.93. The highest BCUT2D eigenvalue weighted by atomic mass is 32.1. The van der Waals surface area contributed by atoms with Crippen LogP contribution in [0, 0.1) is 0 Å². The number of fused-ring (bicyclic) bond motifs is 1. The minimum absolute atomic E-state index is 0.0580. The molecule has 0 unspecified atom stereocenters. The molecule has 1 fully saturated rings. The lowest BCUT2D eigenvalue weighted by Crippen LogP contribution is -2.42. The van der Waals surface area contributed by atoms with Gasteiger partial charge in [0.05, 0.1) is 10.2 Å². The van der Waals surface area contributed by atoms with Crippen molar-refractivity contribution in [3.05, 3.63) is 23.1 Å². The number of aromatic nitrogens is 1. The Kier molecular flexibility index (Phi) is 5.55. The van der Waals surface area contributed by atoms with Crippen LogP contribution in [0.25, 0.3) is 10.2 Å². The summed E-state index contributed by atoms with van der Waals surface area (Å²) < 4.78 is 12.2. The van der Waals surface area contributed by atoms with Crippen molar-refractivity contribution in [3.8, 4) is 5.88 Å². The second kappa shape index (κ2) is 7.72. The molecule has 0 radical (unpaired) electrons. The SMILES string of the molecule is CC(C)(C)OC(=O)NC1CCC(Oc2nc3ccsc3cc2C(N)=O)CC1. The van der Waals surface area contributed by atoms with Crippen molar-refractivity contribution in [1.82, 2.24) is 10.3 Å². The van der Waals surface area contributed by atoms with E-state index in [1.807, 2.05) is 32.2 Å². The smallest absolute Gasteiger partial charge is 0.407 e. The summed E-state index contributed by atoms with van der Waals surface area (Å²) in [6.45, 7) is 5.51. The topological polar surface area (TPSA) is 104 Å². The van der Waals surface area contributed by atoms with E-state index < -0.39 is 17.6 Å². The molecule has 2 aromatic heterocycles. The largest absolute Gasteiger partial charge is 0.474 e. The Hall–Kier alpha value is -2.35. The number of rotatable bonds is 4. The fraction of sp³-hybridized carbons (Fsp3) is 0.526. The monoisotopic (exact) mass is 391 g/mol. The molecule has 1 aliphatic rings. The van der Waals surface area contributed by atoms with Gasteiger partial charge in [-0.25, -0.2) is 9.78 Å². The van der Waals surface area contributed by atoms with Crippen molar-refractivity contribution in [2.45, 2.75) is 64.2 Å². The lowest BCUT2D eigenvalue weighted by Gasteiger charge is -2.30. The number of amides is 2. The quantitative estimate of drug-likeness (QED) is 0.829. The summed E-state index contributed by atoms with van der Waals surface area (Å²) in [6, 6.07) is 3.68. The first-order valence-corrected chi connectivity index (χ1v) is 9.93. The van der Waals surface area contributed by atoms with Gasteiger partial charge in [0, 0.05) is 6.04 Å². The first-order chi connectivity index (χ1) is 12.7. The Morgan fingerprint density at radius 3 is 2.59 bits per heavy atom. The molecule has 0 aromatic carbocycles. The number of alkyl carbamates (subject to hydrolysis) is 1. The molecule has 8 heteroatoms. The number of nitrogens with two attached hydrogens (primary N) is 1. The number of nitrogens with one attached hydrogen (secondary N) is 1. The molecule has 3 rings (SSSR count). The molecule has 0 bridgehead atoms. The Morgan fingerprint density at radius 2 is 1.96 bits per heavy atom. The van der Waals surface area contributed by atoms with E-state index in [4.69, 9.17) is 15.2 Å². The van der Waals surface area contributed by atoms with Crippen molar-refractivity contribution >= 4 is 33.6 Å². The summed E-state index contributed by atoms with van der Waals surface area (Å²) in [4.78, 5) is 28.1. The molecule has 146 valence electrons. The summed E-state index contributed by atoms with van der Waals surface area (Å²) >= 11 is 1.51. The number of primary amides is 1. The van der Waals surface area contributed by atoms with Crippen molar-refractivity contribution in [1.29, 1.82) is 0 Å². The third-order valence-electron chi connectivity index (χ3n) is 4.34. The fourth-order valence-electron chi connectivity index (χ4n) is 3.10. The van der Waals surface area contributed by atoms with Gasteiger partial charge >= 0.3 is 6.09 Å². The van der Waals surface area contributed by atoms with Gasteiger partial charge in [0.2, 0.25) is 5.88 Å². The molecular formula is C19H25N3O4S. The fourth-order valence-corrected chi connectivity index (χ4v) is 3.86. The molecule has 0 spiro atoms. The van der Waals surface area contributed by atoms with Crippen LogP contribution < -0.4 is 15.8 Å². The maximum atomic E-state index is 11.9. The van der Waals surface area contributed by atoms with Gasteiger partial charge in [-0.05, 0) is 64.0 Å². The molecule has 27 heavy (non-hydrogen) atoms.